The van der Waals surface area contributed by atoms with Crippen LogP contribution in [0.4, 0.5) is 18.0 Å². The van der Waals surface area contributed by atoms with Gasteiger partial charge in [-0.05, 0) is 30.5 Å². The maximum atomic E-state index is 13.2. The Bertz CT molecular complexity index is 963. The van der Waals surface area contributed by atoms with Crippen molar-refractivity contribution in [2.75, 3.05) is 26.2 Å². The Morgan fingerprint density at radius 1 is 1.15 bits per heavy atom. The van der Waals surface area contributed by atoms with Crippen molar-refractivity contribution in [2.45, 2.75) is 56.9 Å². The number of β-amino-alcohol motifs (C(OH)–C–C–N with tert-alkyl or cyclic N) is 1. The summed E-state index contributed by atoms with van der Waals surface area (Å²) in [4.78, 5) is 21.0. The zero-order valence-electron chi connectivity index (χ0n) is 18.5. The summed E-state index contributed by atoms with van der Waals surface area (Å²) >= 11 is 0. The van der Waals surface area contributed by atoms with Crippen LogP contribution in [-0.2, 0) is 0 Å². The smallest absolute Gasteiger partial charge is 0.406 e. The van der Waals surface area contributed by atoms with E-state index >= 15 is 0 Å². The zero-order chi connectivity index (χ0) is 23.8. The van der Waals surface area contributed by atoms with E-state index in [0.29, 0.717) is 44.2 Å². The third-order valence-corrected chi connectivity index (χ3v) is 6.06. The summed E-state index contributed by atoms with van der Waals surface area (Å²) < 4.78 is 47.0. The second-order valence-electron chi connectivity index (χ2n) is 8.97. The highest BCUT2D eigenvalue weighted by Gasteiger charge is 2.38. The fraction of sp³-hybridized carbons (Fsp3) is 0.591. The highest BCUT2D eigenvalue weighted by molar-refractivity contribution is 5.75. The monoisotopic (exact) mass is 468 g/mol. The molecule has 3 unspecified atom stereocenters. The molecule has 2 aliphatic rings. The van der Waals surface area contributed by atoms with Gasteiger partial charge in [0, 0.05) is 38.0 Å². The van der Waals surface area contributed by atoms with Crippen molar-refractivity contribution in [3.63, 3.8) is 0 Å². The average molecular weight is 468 g/mol. The van der Waals surface area contributed by atoms with Crippen LogP contribution >= 0.6 is 0 Å². The first kappa shape index (κ1) is 23.3. The Morgan fingerprint density at radius 3 is 2.42 bits per heavy atom. The van der Waals surface area contributed by atoms with E-state index in [1.165, 1.54) is 12.1 Å². The van der Waals surface area contributed by atoms with E-state index in [-0.39, 0.29) is 36.1 Å². The molecule has 2 aliphatic heterocycles. The minimum atomic E-state index is -4.76. The topological polar surface area (TPSA) is 91.9 Å². The summed E-state index contributed by atoms with van der Waals surface area (Å²) in [6.07, 6.45) is -4.15. The van der Waals surface area contributed by atoms with Gasteiger partial charge in [-0.3, -0.25) is 0 Å². The molecule has 33 heavy (non-hydrogen) atoms. The van der Waals surface area contributed by atoms with Gasteiger partial charge < -0.3 is 24.2 Å². The van der Waals surface area contributed by atoms with Crippen molar-refractivity contribution in [3.05, 3.63) is 41.5 Å². The number of alkyl halides is 3. The molecular weight excluding hydrogens is 441 g/mol. The number of hydrogen-bond acceptors (Lipinski definition) is 6. The number of piperidine rings is 1. The summed E-state index contributed by atoms with van der Waals surface area (Å²) in [5, 5.41) is 13.9. The van der Waals surface area contributed by atoms with Crippen LogP contribution < -0.4 is 4.74 Å². The molecular formula is C22H27F3N4O4. The van der Waals surface area contributed by atoms with Crippen LogP contribution in [0.1, 0.15) is 61.7 Å². The number of nitrogens with zero attached hydrogens (tertiary/aromatic N) is 4. The summed E-state index contributed by atoms with van der Waals surface area (Å²) in [7, 11) is 0. The molecule has 1 aromatic carbocycles. The minimum absolute atomic E-state index is 0.0897. The van der Waals surface area contributed by atoms with E-state index < -0.39 is 12.5 Å². The van der Waals surface area contributed by atoms with Crippen molar-refractivity contribution >= 4 is 6.03 Å². The Labute approximate surface area is 189 Å². The Morgan fingerprint density at radius 2 is 1.85 bits per heavy atom. The van der Waals surface area contributed by atoms with Crippen LogP contribution in [0.2, 0.25) is 0 Å². The lowest BCUT2D eigenvalue weighted by Crippen LogP contribution is -2.48. The highest BCUT2D eigenvalue weighted by Crippen LogP contribution is 2.37. The fourth-order valence-corrected chi connectivity index (χ4v) is 4.38. The van der Waals surface area contributed by atoms with Crippen LogP contribution in [0.15, 0.2) is 28.8 Å². The SMILES string of the molecule is CC(C)c1noc(C2CC(c3ccc(OC(F)(F)F)cc3)CN(C(=O)N3CCC(O)C3)C2)n1. The second-order valence-corrected chi connectivity index (χ2v) is 8.97. The largest absolute Gasteiger partial charge is 0.573 e. The fourth-order valence-electron chi connectivity index (χ4n) is 4.38. The van der Waals surface area contributed by atoms with Gasteiger partial charge in [0.1, 0.15) is 5.75 Å². The zero-order valence-corrected chi connectivity index (χ0v) is 18.5. The van der Waals surface area contributed by atoms with Crippen LogP contribution in [-0.4, -0.2) is 69.7 Å². The van der Waals surface area contributed by atoms with Gasteiger partial charge in [0.2, 0.25) is 5.89 Å². The average Bonchev–Trinajstić information content (AvgIpc) is 3.42. The molecule has 4 rings (SSSR count). The quantitative estimate of drug-likeness (QED) is 0.733. The standard InChI is InChI=1S/C22H27F3N4O4/c1-13(2)19-26-20(33-27-19)16-9-15(14-3-5-18(6-4-14)32-22(23,24)25)10-29(11-16)21(31)28-8-7-17(30)12-28/h3-6,13,15-17,30H,7-12H2,1-2H3. The van der Waals surface area contributed by atoms with Crippen LogP contribution in [0.5, 0.6) is 5.75 Å². The number of aliphatic hydroxyl groups is 1. The molecule has 0 aliphatic carbocycles. The Kier molecular flexibility index (Phi) is 6.51. The number of carbonyl (C=O) groups is 1. The first-order valence-electron chi connectivity index (χ1n) is 11.0. The molecule has 3 atom stereocenters. The second kappa shape index (κ2) is 9.20. The van der Waals surface area contributed by atoms with Gasteiger partial charge >= 0.3 is 12.4 Å². The molecule has 8 nitrogen and oxygen atoms in total. The molecule has 2 fully saturated rings. The maximum absolute atomic E-state index is 13.2. The summed E-state index contributed by atoms with van der Waals surface area (Å²) in [5.41, 5.74) is 0.789. The van der Waals surface area contributed by atoms with Crippen molar-refractivity contribution in [1.29, 1.82) is 0 Å². The van der Waals surface area contributed by atoms with Gasteiger partial charge in [-0.1, -0.05) is 31.1 Å². The number of carbonyl (C=O) groups excluding carboxylic acids is 1. The van der Waals surface area contributed by atoms with E-state index in [2.05, 4.69) is 14.9 Å². The Hall–Kier alpha value is -2.82. The predicted octanol–water partition coefficient (Wildman–Crippen LogP) is 3.85. The predicted molar refractivity (Wildman–Crippen MR) is 111 cm³/mol. The van der Waals surface area contributed by atoms with Gasteiger partial charge in [-0.15, -0.1) is 13.2 Å². The first-order valence-corrected chi connectivity index (χ1v) is 11.0. The number of ether oxygens (including phenoxy) is 1. The molecule has 0 radical (unpaired) electrons. The molecule has 2 saturated heterocycles. The number of urea groups is 1. The lowest BCUT2D eigenvalue weighted by molar-refractivity contribution is -0.274. The van der Waals surface area contributed by atoms with E-state index in [1.54, 1.807) is 21.9 Å². The van der Waals surface area contributed by atoms with Crippen molar-refractivity contribution in [1.82, 2.24) is 19.9 Å². The first-order chi connectivity index (χ1) is 15.6. The Balaban J connectivity index is 1.56. The summed E-state index contributed by atoms with van der Waals surface area (Å²) in [6.45, 7) is 5.46. The van der Waals surface area contributed by atoms with Gasteiger partial charge in [-0.2, -0.15) is 4.98 Å². The summed E-state index contributed by atoms with van der Waals surface area (Å²) in [6, 6.07) is 5.55. The minimum Gasteiger partial charge on any atom is -0.406 e. The van der Waals surface area contributed by atoms with Gasteiger partial charge in [0.25, 0.3) is 0 Å². The number of halogens is 3. The molecule has 3 heterocycles. The van der Waals surface area contributed by atoms with Crippen LogP contribution in [0, 0.1) is 0 Å². The van der Waals surface area contributed by atoms with Crippen LogP contribution in [0.3, 0.4) is 0 Å². The van der Waals surface area contributed by atoms with E-state index in [9.17, 15) is 23.1 Å². The number of aromatic nitrogens is 2. The molecule has 0 spiro atoms. The lowest BCUT2D eigenvalue weighted by Gasteiger charge is -2.38. The van der Waals surface area contributed by atoms with Crippen LogP contribution in [0.25, 0.3) is 0 Å². The number of aliphatic hydroxyl groups excluding tert-OH is 1. The van der Waals surface area contributed by atoms with Crippen molar-refractivity contribution in [2.24, 2.45) is 0 Å². The van der Waals surface area contributed by atoms with E-state index in [0.717, 1.165) is 5.56 Å². The van der Waals surface area contributed by atoms with Gasteiger partial charge in [-0.25, -0.2) is 4.79 Å². The number of benzene rings is 1. The maximum Gasteiger partial charge on any atom is 0.573 e. The normalized spacial score (nSPS) is 23.9. The number of likely N-dealkylation sites (tertiary alicyclic amines) is 2. The third kappa shape index (κ3) is 5.58. The van der Waals surface area contributed by atoms with Crippen molar-refractivity contribution < 1.29 is 32.3 Å². The van der Waals surface area contributed by atoms with Gasteiger partial charge in [0.15, 0.2) is 5.82 Å². The number of hydrogen-bond donors (Lipinski definition) is 1. The highest BCUT2D eigenvalue weighted by atomic mass is 19.4. The molecule has 2 amide bonds. The molecule has 1 N–H and O–H groups in total. The molecule has 11 heteroatoms. The molecule has 2 aromatic rings. The summed E-state index contributed by atoms with van der Waals surface area (Å²) in [5.74, 6) is 0.463. The molecule has 0 saturated carbocycles. The van der Waals surface area contributed by atoms with E-state index in [4.69, 9.17) is 4.52 Å². The molecule has 180 valence electrons. The number of rotatable bonds is 4. The van der Waals surface area contributed by atoms with Crippen molar-refractivity contribution in [3.8, 4) is 5.75 Å². The number of amides is 2. The third-order valence-electron chi connectivity index (χ3n) is 6.06. The molecule has 1 aromatic heterocycles. The lowest BCUT2D eigenvalue weighted by atomic mass is 9.84. The van der Waals surface area contributed by atoms with Gasteiger partial charge in [0.05, 0.1) is 12.0 Å². The van der Waals surface area contributed by atoms with E-state index in [1.807, 2.05) is 13.8 Å². The molecule has 0 bridgehead atoms.